The van der Waals surface area contributed by atoms with Crippen molar-refractivity contribution in [2.45, 2.75) is 62.6 Å². The largest absolute Gasteiger partial charge is 0.389 e. The van der Waals surface area contributed by atoms with Crippen LogP contribution in [-0.4, -0.2) is 23.4 Å². The quantitative estimate of drug-likeness (QED) is 0.800. The zero-order valence-electron chi connectivity index (χ0n) is 12.3. The second-order valence-electron chi connectivity index (χ2n) is 7.80. The van der Waals surface area contributed by atoms with Gasteiger partial charge in [0.25, 0.3) is 0 Å². The summed E-state index contributed by atoms with van der Waals surface area (Å²) in [5, 5.41) is 20.9. The summed E-state index contributed by atoms with van der Waals surface area (Å²) in [6, 6.07) is 2.52. The number of hydrogen-bond donors (Lipinski definition) is 1. The molecule has 0 aliphatic heterocycles. The number of nitriles is 1. The molecule has 110 valence electrons. The fourth-order valence-electron chi connectivity index (χ4n) is 6.09. The highest BCUT2D eigenvalue weighted by Gasteiger charge is 2.67. The number of nitrogens with zero attached hydrogens (tertiary/aromatic N) is 1. The molecule has 0 saturated heterocycles. The van der Waals surface area contributed by atoms with E-state index in [9.17, 15) is 10.4 Å². The van der Waals surface area contributed by atoms with Gasteiger partial charge in [0.15, 0.2) is 0 Å². The van der Waals surface area contributed by atoms with Gasteiger partial charge in [0.2, 0.25) is 0 Å². The molecule has 4 aliphatic rings. The number of hydrogen-bond acceptors (Lipinski definition) is 3. The van der Waals surface area contributed by atoms with Gasteiger partial charge in [-0.05, 0) is 56.3 Å². The van der Waals surface area contributed by atoms with Gasteiger partial charge in [0.1, 0.15) is 0 Å². The Morgan fingerprint density at radius 2 is 2.05 bits per heavy atom. The van der Waals surface area contributed by atoms with Crippen LogP contribution in [0.4, 0.5) is 0 Å². The van der Waals surface area contributed by atoms with Crippen LogP contribution in [0.2, 0.25) is 0 Å². The van der Waals surface area contributed by atoms with Crippen LogP contribution in [-0.2, 0) is 4.74 Å². The maximum absolute atomic E-state index is 11.3. The molecule has 0 aromatic rings. The standard InChI is InChI=1S/C17H25NO2/c1-20-17-9-12(6-11-7-14(11)17)13(10-18)8-16(19)5-3-2-4-15(16)17/h11-15,19H,2-9H2,1H3/t11-,12+,13?,14+,15-,16+,17-/m0/s1. The highest BCUT2D eigenvalue weighted by Crippen LogP contribution is 2.66. The van der Waals surface area contributed by atoms with Crippen molar-refractivity contribution in [3.05, 3.63) is 0 Å². The summed E-state index contributed by atoms with van der Waals surface area (Å²) >= 11 is 0. The van der Waals surface area contributed by atoms with Crippen molar-refractivity contribution in [3.8, 4) is 6.07 Å². The van der Waals surface area contributed by atoms with Gasteiger partial charge in [-0.15, -0.1) is 0 Å². The Bertz CT molecular complexity index is 458. The molecule has 4 saturated carbocycles. The molecule has 0 heterocycles. The molecule has 4 rings (SSSR count). The maximum Gasteiger partial charge on any atom is 0.0768 e. The van der Waals surface area contributed by atoms with Crippen LogP contribution >= 0.6 is 0 Å². The summed E-state index contributed by atoms with van der Waals surface area (Å²) in [4.78, 5) is 0. The Labute approximate surface area is 121 Å². The Morgan fingerprint density at radius 3 is 2.80 bits per heavy atom. The topological polar surface area (TPSA) is 53.2 Å². The van der Waals surface area contributed by atoms with E-state index in [0.29, 0.717) is 18.3 Å². The minimum absolute atomic E-state index is 0.0270. The molecule has 0 aromatic carbocycles. The summed E-state index contributed by atoms with van der Waals surface area (Å²) in [6.45, 7) is 0. The Kier molecular flexibility index (Phi) is 2.76. The first-order valence-electron chi connectivity index (χ1n) is 8.30. The van der Waals surface area contributed by atoms with Gasteiger partial charge in [0, 0.05) is 13.0 Å². The van der Waals surface area contributed by atoms with Gasteiger partial charge < -0.3 is 9.84 Å². The summed E-state index contributed by atoms with van der Waals surface area (Å²) in [6.07, 6.45) is 8.40. The first-order chi connectivity index (χ1) is 9.63. The van der Waals surface area contributed by atoms with Crippen LogP contribution in [0.1, 0.15) is 51.4 Å². The molecule has 20 heavy (non-hydrogen) atoms. The molecular weight excluding hydrogens is 250 g/mol. The van der Waals surface area contributed by atoms with Gasteiger partial charge in [-0.3, -0.25) is 0 Å². The lowest BCUT2D eigenvalue weighted by Gasteiger charge is -2.50. The molecule has 4 fully saturated rings. The third-order valence-corrected chi connectivity index (χ3v) is 7.02. The van der Waals surface area contributed by atoms with Gasteiger partial charge in [-0.1, -0.05) is 12.8 Å². The Hall–Kier alpha value is -0.590. The summed E-state index contributed by atoms with van der Waals surface area (Å²) in [5.41, 5.74) is -0.782. The van der Waals surface area contributed by atoms with E-state index in [1.807, 2.05) is 7.11 Å². The fourth-order valence-corrected chi connectivity index (χ4v) is 6.09. The third kappa shape index (κ3) is 1.58. The van der Waals surface area contributed by atoms with Crippen molar-refractivity contribution >= 4 is 0 Å². The van der Waals surface area contributed by atoms with E-state index in [2.05, 4.69) is 6.07 Å². The number of ether oxygens (including phenoxy) is 1. The number of methoxy groups -OCH3 is 1. The van der Waals surface area contributed by atoms with Crippen LogP contribution < -0.4 is 0 Å². The second-order valence-corrected chi connectivity index (χ2v) is 7.80. The molecule has 4 aliphatic carbocycles. The predicted octanol–water partition coefficient (Wildman–Crippen LogP) is 2.88. The normalized spacial score (nSPS) is 57.0. The molecule has 7 atom stereocenters. The van der Waals surface area contributed by atoms with E-state index in [-0.39, 0.29) is 17.4 Å². The van der Waals surface area contributed by atoms with Crippen LogP contribution in [0.3, 0.4) is 0 Å². The van der Waals surface area contributed by atoms with Gasteiger partial charge >= 0.3 is 0 Å². The van der Waals surface area contributed by atoms with E-state index >= 15 is 0 Å². The maximum atomic E-state index is 11.3. The summed E-state index contributed by atoms with van der Waals surface area (Å²) in [5.74, 6) is 2.13. The SMILES string of the molecule is CO[C@@]12C[C@@H](C[C@H]3C[C@H]31)C(C#N)C[C@]1(O)CCCC[C@@H]12. The minimum atomic E-state index is -0.652. The van der Waals surface area contributed by atoms with E-state index in [1.165, 1.54) is 19.3 Å². The van der Waals surface area contributed by atoms with E-state index in [1.54, 1.807) is 0 Å². The van der Waals surface area contributed by atoms with Crippen molar-refractivity contribution in [3.63, 3.8) is 0 Å². The average molecular weight is 275 g/mol. The highest BCUT2D eigenvalue weighted by atomic mass is 16.5. The van der Waals surface area contributed by atoms with Crippen LogP contribution in [0.5, 0.6) is 0 Å². The first-order valence-corrected chi connectivity index (χ1v) is 8.30. The summed E-state index contributed by atoms with van der Waals surface area (Å²) in [7, 11) is 1.85. The van der Waals surface area contributed by atoms with E-state index in [0.717, 1.165) is 31.6 Å². The lowest BCUT2D eigenvalue weighted by molar-refractivity contribution is -0.175. The van der Waals surface area contributed by atoms with Crippen molar-refractivity contribution < 1.29 is 9.84 Å². The van der Waals surface area contributed by atoms with Crippen LogP contribution in [0.15, 0.2) is 0 Å². The van der Waals surface area contributed by atoms with Crippen molar-refractivity contribution in [2.75, 3.05) is 7.11 Å². The Balaban J connectivity index is 1.80. The zero-order chi connectivity index (χ0) is 14.0. The number of fused-ring (bicyclic) bond motifs is 6. The molecule has 3 nitrogen and oxygen atoms in total. The Morgan fingerprint density at radius 1 is 1.20 bits per heavy atom. The fraction of sp³-hybridized carbons (Fsp3) is 0.941. The smallest absolute Gasteiger partial charge is 0.0768 e. The summed E-state index contributed by atoms with van der Waals surface area (Å²) < 4.78 is 6.14. The molecule has 1 unspecified atom stereocenters. The van der Waals surface area contributed by atoms with Gasteiger partial charge in [-0.25, -0.2) is 0 Å². The lowest BCUT2D eigenvalue weighted by Crippen LogP contribution is -2.55. The first kappa shape index (κ1) is 13.1. The lowest BCUT2D eigenvalue weighted by atomic mass is 9.63. The second kappa shape index (κ2) is 4.21. The van der Waals surface area contributed by atoms with Crippen LogP contribution in [0.25, 0.3) is 0 Å². The third-order valence-electron chi connectivity index (χ3n) is 7.02. The number of rotatable bonds is 1. The molecule has 2 bridgehead atoms. The molecule has 0 spiro atoms. The van der Waals surface area contributed by atoms with Crippen molar-refractivity contribution in [1.82, 2.24) is 0 Å². The van der Waals surface area contributed by atoms with Crippen molar-refractivity contribution in [2.24, 2.45) is 29.6 Å². The molecule has 1 N–H and O–H groups in total. The average Bonchev–Trinajstić information content (AvgIpc) is 3.24. The monoisotopic (exact) mass is 275 g/mol. The number of aliphatic hydroxyl groups is 1. The van der Waals surface area contributed by atoms with Crippen molar-refractivity contribution in [1.29, 1.82) is 5.26 Å². The van der Waals surface area contributed by atoms with E-state index in [4.69, 9.17) is 4.74 Å². The molecule has 0 aromatic heterocycles. The van der Waals surface area contributed by atoms with E-state index < -0.39 is 5.60 Å². The van der Waals surface area contributed by atoms with Gasteiger partial charge in [0.05, 0.1) is 23.2 Å². The van der Waals surface area contributed by atoms with Gasteiger partial charge in [-0.2, -0.15) is 5.26 Å². The minimum Gasteiger partial charge on any atom is -0.389 e. The molecule has 0 amide bonds. The molecular formula is C17H25NO2. The molecule has 3 heteroatoms. The highest BCUT2D eigenvalue weighted by molar-refractivity contribution is 5.19. The molecule has 0 radical (unpaired) electrons. The predicted molar refractivity (Wildman–Crippen MR) is 74.7 cm³/mol. The van der Waals surface area contributed by atoms with Crippen LogP contribution in [0, 0.1) is 40.9 Å². The zero-order valence-corrected chi connectivity index (χ0v) is 12.3.